The molecule has 134 valence electrons. The topological polar surface area (TPSA) is 73.3 Å². The lowest BCUT2D eigenvalue weighted by Crippen LogP contribution is -2.13. The lowest BCUT2D eigenvalue weighted by molar-refractivity contribution is 0.102. The van der Waals surface area contributed by atoms with Crippen molar-refractivity contribution in [2.45, 2.75) is 5.03 Å². The number of hydrogen-bond acceptors (Lipinski definition) is 7. The summed E-state index contributed by atoms with van der Waals surface area (Å²) in [6.07, 6.45) is 3.55. The zero-order valence-corrected chi connectivity index (χ0v) is 16.1. The number of anilines is 1. The maximum atomic E-state index is 12.5. The normalized spacial score (nSPS) is 10.4. The molecule has 0 saturated carbocycles. The SMILES string of the molecule is COc1ccc(OC)c(-c2csc(NC(=O)c3cccnc3SC)n2)c1. The highest BCUT2D eigenvalue weighted by molar-refractivity contribution is 7.98. The van der Waals surface area contributed by atoms with E-state index in [-0.39, 0.29) is 5.91 Å². The van der Waals surface area contributed by atoms with Crippen LogP contribution in [0.25, 0.3) is 11.3 Å². The van der Waals surface area contributed by atoms with Crippen molar-refractivity contribution in [1.29, 1.82) is 0 Å². The summed E-state index contributed by atoms with van der Waals surface area (Å²) in [6, 6.07) is 8.99. The predicted molar refractivity (Wildman–Crippen MR) is 105 cm³/mol. The van der Waals surface area contributed by atoms with Crippen LogP contribution in [0, 0.1) is 0 Å². The molecule has 0 atom stereocenters. The molecular weight excluding hydrogens is 370 g/mol. The maximum Gasteiger partial charge on any atom is 0.260 e. The van der Waals surface area contributed by atoms with Gasteiger partial charge in [0.15, 0.2) is 5.13 Å². The third-order valence-electron chi connectivity index (χ3n) is 3.62. The minimum absolute atomic E-state index is 0.235. The molecule has 0 radical (unpaired) electrons. The average molecular weight is 387 g/mol. The highest BCUT2D eigenvalue weighted by Gasteiger charge is 2.16. The fraction of sp³-hybridized carbons (Fsp3) is 0.167. The van der Waals surface area contributed by atoms with E-state index in [0.29, 0.717) is 32.9 Å². The van der Waals surface area contributed by atoms with Gasteiger partial charge in [-0.2, -0.15) is 0 Å². The fourth-order valence-electron chi connectivity index (χ4n) is 2.36. The smallest absolute Gasteiger partial charge is 0.260 e. The Hall–Kier alpha value is -2.58. The third kappa shape index (κ3) is 3.81. The van der Waals surface area contributed by atoms with Crippen molar-refractivity contribution in [1.82, 2.24) is 9.97 Å². The van der Waals surface area contributed by atoms with Gasteiger partial charge in [-0.05, 0) is 36.6 Å². The van der Waals surface area contributed by atoms with Gasteiger partial charge in [0, 0.05) is 17.1 Å². The Bertz CT molecular complexity index is 928. The second-order valence-electron chi connectivity index (χ2n) is 5.12. The number of ether oxygens (including phenoxy) is 2. The predicted octanol–water partition coefficient (Wildman–Crippen LogP) is 4.20. The van der Waals surface area contributed by atoms with E-state index in [4.69, 9.17) is 9.47 Å². The molecule has 1 N–H and O–H groups in total. The van der Waals surface area contributed by atoms with Crippen LogP contribution in [-0.4, -0.2) is 36.4 Å². The van der Waals surface area contributed by atoms with Gasteiger partial charge in [-0.25, -0.2) is 9.97 Å². The maximum absolute atomic E-state index is 12.5. The molecule has 8 heteroatoms. The number of thiazole rings is 1. The minimum atomic E-state index is -0.235. The molecule has 6 nitrogen and oxygen atoms in total. The van der Waals surface area contributed by atoms with Crippen LogP contribution in [0.15, 0.2) is 46.9 Å². The molecule has 0 spiro atoms. The Kier molecular flexibility index (Phi) is 5.75. The van der Waals surface area contributed by atoms with Crippen LogP contribution in [0.5, 0.6) is 11.5 Å². The van der Waals surface area contributed by atoms with E-state index in [2.05, 4.69) is 15.3 Å². The van der Waals surface area contributed by atoms with Crippen LogP contribution >= 0.6 is 23.1 Å². The highest BCUT2D eigenvalue weighted by atomic mass is 32.2. The van der Waals surface area contributed by atoms with Crippen LogP contribution in [0.2, 0.25) is 0 Å². The van der Waals surface area contributed by atoms with Gasteiger partial charge < -0.3 is 9.47 Å². The Labute approximate surface area is 159 Å². The first-order valence-corrected chi connectivity index (χ1v) is 9.75. The number of methoxy groups -OCH3 is 2. The number of nitrogens with one attached hydrogen (secondary N) is 1. The number of thioether (sulfide) groups is 1. The van der Waals surface area contributed by atoms with Crippen molar-refractivity contribution in [3.63, 3.8) is 0 Å². The summed E-state index contributed by atoms with van der Waals surface area (Å²) in [5.41, 5.74) is 2.03. The number of aromatic nitrogens is 2. The first-order valence-electron chi connectivity index (χ1n) is 7.64. The molecule has 0 unspecified atom stereocenters. The number of amides is 1. The molecular formula is C18H17N3O3S2. The Morgan fingerprint density at radius 3 is 2.81 bits per heavy atom. The molecule has 0 bridgehead atoms. The van der Waals surface area contributed by atoms with Gasteiger partial charge in [-0.1, -0.05) is 0 Å². The Morgan fingerprint density at radius 1 is 1.23 bits per heavy atom. The van der Waals surface area contributed by atoms with Gasteiger partial charge in [-0.3, -0.25) is 10.1 Å². The van der Waals surface area contributed by atoms with Crippen molar-refractivity contribution in [3.8, 4) is 22.8 Å². The van der Waals surface area contributed by atoms with Crippen LogP contribution in [-0.2, 0) is 0 Å². The summed E-state index contributed by atoms with van der Waals surface area (Å²) in [5.74, 6) is 1.16. The number of pyridine rings is 1. The quantitative estimate of drug-likeness (QED) is 0.639. The van der Waals surface area contributed by atoms with Crippen molar-refractivity contribution in [2.24, 2.45) is 0 Å². The van der Waals surface area contributed by atoms with Gasteiger partial charge in [0.1, 0.15) is 16.5 Å². The molecule has 0 aliphatic carbocycles. The van der Waals surface area contributed by atoms with Crippen molar-refractivity contribution >= 4 is 34.1 Å². The molecule has 3 aromatic rings. The molecule has 2 heterocycles. The molecule has 0 aliphatic rings. The van der Waals surface area contributed by atoms with E-state index in [0.717, 1.165) is 5.56 Å². The number of hydrogen-bond donors (Lipinski definition) is 1. The number of nitrogens with zero attached hydrogens (tertiary/aromatic N) is 2. The van der Waals surface area contributed by atoms with Gasteiger partial charge >= 0.3 is 0 Å². The van der Waals surface area contributed by atoms with E-state index < -0.39 is 0 Å². The summed E-state index contributed by atoms with van der Waals surface area (Å²) < 4.78 is 10.7. The molecule has 0 saturated heterocycles. The molecule has 1 aromatic carbocycles. The summed E-state index contributed by atoms with van der Waals surface area (Å²) in [7, 11) is 3.21. The number of rotatable bonds is 6. The Morgan fingerprint density at radius 2 is 2.08 bits per heavy atom. The number of carbonyl (C=O) groups excluding carboxylic acids is 1. The van der Waals surface area contributed by atoms with Crippen molar-refractivity contribution in [3.05, 3.63) is 47.5 Å². The van der Waals surface area contributed by atoms with Crippen molar-refractivity contribution in [2.75, 3.05) is 25.8 Å². The molecule has 26 heavy (non-hydrogen) atoms. The number of benzene rings is 1. The highest BCUT2D eigenvalue weighted by Crippen LogP contribution is 2.35. The van der Waals surface area contributed by atoms with Crippen LogP contribution in [0.3, 0.4) is 0 Å². The largest absolute Gasteiger partial charge is 0.497 e. The van der Waals surface area contributed by atoms with Gasteiger partial charge in [0.2, 0.25) is 0 Å². The Balaban J connectivity index is 1.86. The lowest BCUT2D eigenvalue weighted by Gasteiger charge is -2.08. The second-order valence-corrected chi connectivity index (χ2v) is 6.77. The van der Waals surface area contributed by atoms with Crippen LogP contribution in [0.4, 0.5) is 5.13 Å². The zero-order valence-electron chi connectivity index (χ0n) is 14.5. The third-order valence-corrected chi connectivity index (χ3v) is 5.09. The van der Waals surface area contributed by atoms with Crippen LogP contribution in [0.1, 0.15) is 10.4 Å². The summed E-state index contributed by atoms with van der Waals surface area (Å²) in [4.78, 5) is 21.2. The fourth-order valence-corrected chi connectivity index (χ4v) is 3.61. The van der Waals surface area contributed by atoms with E-state index in [1.165, 1.54) is 23.1 Å². The summed E-state index contributed by atoms with van der Waals surface area (Å²) in [6.45, 7) is 0. The van der Waals surface area contributed by atoms with E-state index in [1.807, 2.05) is 29.8 Å². The van der Waals surface area contributed by atoms with Gasteiger partial charge in [0.05, 0.1) is 25.5 Å². The first-order chi connectivity index (χ1) is 12.7. The minimum Gasteiger partial charge on any atom is -0.497 e. The second kappa shape index (κ2) is 8.20. The molecule has 2 aromatic heterocycles. The lowest BCUT2D eigenvalue weighted by atomic mass is 10.1. The zero-order chi connectivity index (χ0) is 18.5. The van der Waals surface area contributed by atoms with E-state index >= 15 is 0 Å². The van der Waals surface area contributed by atoms with E-state index in [1.54, 1.807) is 32.5 Å². The van der Waals surface area contributed by atoms with Crippen molar-refractivity contribution < 1.29 is 14.3 Å². The molecule has 3 rings (SSSR count). The number of carbonyl (C=O) groups is 1. The summed E-state index contributed by atoms with van der Waals surface area (Å²) in [5, 5.41) is 5.88. The monoisotopic (exact) mass is 387 g/mol. The van der Waals surface area contributed by atoms with Gasteiger partial charge in [0.25, 0.3) is 5.91 Å². The average Bonchev–Trinajstić information content (AvgIpc) is 3.15. The standard InChI is InChI=1S/C18H17N3O3S2/c1-23-11-6-7-15(24-2)13(9-11)14-10-26-18(20-14)21-16(22)12-5-4-8-19-17(12)25-3/h4-10H,1-3H3,(H,20,21,22). The van der Waals surface area contributed by atoms with E-state index in [9.17, 15) is 4.79 Å². The molecule has 0 aliphatic heterocycles. The van der Waals surface area contributed by atoms with Crippen LogP contribution < -0.4 is 14.8 Å². The molecule has 0 fully saturated rings. The summed E-state index contributed by atoms with van der Waals surface area (Å²) >= 11 is 2.77. The first kappa shape index (κ1) is 18.2. The molecule has 1 amide bonds. The van der Waals surface area contributed by atoms with Gasteiger partial charge in [-0.15, -0.1) is 23.1 Å².